The minimum Gasteiger partial charge on any atom is -0.386 e. The number of amides is 1. The van der Waals surface area contributed by atoms with Gasteiger partial charge in [-0.05, 0) is 29.7 Å². The molecule has 3 aromatic rings. The number of hydrogen-bond donors (Lipinski definition) is 0. The Labute approximate surface area is 156 Å². The van der Waals surface area contributed by atoms with Crippen LogP contribution < -0.4 is 5.76 Å². The van der Waals surface area contributed by atoms with Crippen LogP contribution in [-0.4, -0.2) is 38.7 Å². The molecular weight excluding hydrogens is 344 g/mol. The SMILES string of the molecule is C[C@@H]1C[C@H](C)CN(C(=O)Cn2nc(-c3nccc4ccccc34)oc2=O)C1. The second-order valence-corrected chi connectivity index (χ2v) is 7.46. The summed E-state index contributed by atoms with van der Waals surface area (Å²) in [5.41, 5.74) is 0.497. The second kappa shape index (κ2) is 6.98. The summed E-state index contributed by atoms with van der Waals surface area (Å²) in [6.45, 7) is 5.60. The number of pyridine rings is 1. The summed E-state index contributed by atoms with van der Waals surface area (Å²) in [5.74, 6) is 0.293. The molecule has 1 aliphatic heterocycles. The molecule has 1 aromatic carbocycles. The molecule has 4 rings (SSSR count). The smallest absolute Gasteiger partial charge is 0.386 e. The van der Waals surface area contributed by atoms with E-state index in [0.29, 0.717) is 30.6 Å². The molecule has 3 heterocycles. The van der Waals surface area contributed by atoms with Gasteiger partial charge < -0.3 is 9.32 Å². The predicted molar refractivity (Wildman–Crippen MR) is 101 cm³/mol. The van der Waals surface area contributed by atoms with Gasteiger partial charge in [0.25, 0.3) is 5.89 Å². The number of carbonyl (C=O) groups is 1. The molecule has 0 N–H and O–H groups in total. The van der Waals surface area contributed by atoms with Crippen LogP contribution in [0, 0.1) is 11.8 Å². The van der Waals surface area contributed by atoms with Crippen molar-refractivity contribution in [3.05, 3.63) is 47.1 Å². The fourth-order valence-electron chi connectivity index (χ4n) is 3.89. The van der Waals surface area contributed by atoms with Crippen LogP contribution in [-0.2, 0) is 11.3 Å². The van der Waals surface area contributed by atoms with E-state index in [0.717, 1.165) is 21.9 Å². The zero-order chi connectivity index (χ0) is 19.0. The van der Waals surface area contributed by atoms with E-state index in [-0.39, 0.29) is 18.3 Å². The molecule has 0 unspecified atom stereocenters. The van der Waals surface area contributed by atoms with Crippen molar-refractivity contribution in [2.24, 2.45) is 11.8 Å². The Morgan fingerprint density at radius 2 is 1.93 bits per heavy atom. The van der Waals surface area contributed by atoms with Crippen molar-refractivity contribution in [1.29, 1.82) is 0 Å². The summed E-state index contributed by atoms with van der Waals surface area (Å²) in [5, 5.41) is 6.06. The van der Waals surface area contributed by atoms with E-state index in [1.165, 1.54) is 0 Å². The van der Waals surface area contributed by atoms with Gasteiger partial charge in [0.1, 0.15) is 12.2 Å². The quantitative estimate of drug-likeness (QED) is 0.712. The van der Waals surface area contributed by atoms with E-state index < -0.39 is 5.76 Å². The molecule has 0 bridgehead atoms. The first-order valence-corrected chi connectivity index (χ1v) is 9.21. The van der Waals surface area contributed by atoms with Crippen molar-refractivity contribution in [1.82, 2.24) is 19.7 Å². The Bertz CT molecular complexity index is 1020. The van der Waals surface area contributed by atoms with Gasteiger partial charge in [0.15, 0.2) is 0 Å². The van der Waals surface area contributed by atoms with Gasteiger partial charge in [-0.15, -0.1) is 5.10 Å². The van der Waals surface area contributed by atoms with Gasteiger partial charge in [0.05, 0.1) is 0 Å². The maximum atomic E-state index is 12.6. The first-order valence-electron chi connectivity index (χ1n) is 9.21. The average Bonchev–Trinajstić information content (AvgIpc) is 3.00. The Morgan fingerprint density at radius 1 is 1.19 bits per heavy atom. The topological polar surface area (TPSA) is 81.2 Å². The van der Waals surface area contributed by atoms with Crippen LogP contribution in [0.3, 0.4) is 0 Å². The van der Waals surface area contributed by atoms with Gasteiger partial charge in [0, 0.05) is 24.7 Å². The van der Waals surface area contributed by atoms with Crippen LogP contribution in [0.15, 0.2) is 45.7 Å². The van der Waals surface area contributed by atoms with Crippen molar-refractivity contribution in [2.75, 3.05) is 13.1 Å². The Kier molecular flexibility index (Phi) is 4.51. The highest BCUT2D eigenvalue weighted by molar-refractivity contribution is 5.92. The summed E-state index contributed by atoms with van der Waals surface area (Å²) < 4.78 is 6.39. The number of benzene rings is 1. The van der Waals surface area contributed by atoms with Crippen LogP contribution in [0.25, 0.3) is 22.4 Å². The average molecular weight is 366 g/mol. The number of hydrogen-bond acceptors (Lipinski definition) is 5. The van der Waals surface area contributed by atoms with Crippen LogP contribution in [0.5, 0.6) is 0 Å². The molecule has 1 amide bonds. The molecular formula is C20H22N4O3. The fourth-order valence-corrected chi connectivity index (χ4v) is 3.89. The van der Waals surface area contributed by atoms with Crippen molar-refractivity contribution < 1.29 is 9.21 Å². The van der Waals surface area contributed by atoms with Gasteiger partial charge in [-0.2, -0.15) is 4.68 Å². The zero-order valence-corrected chi connectivity index (χ0v) is 15.5. The molecule has 140 valence electrons. The molecule has 7 heteroatoms. The number of rotatable bonds is 3. The van der Waals surface area contributed by atoms with Gasteiger partial charge in [-0.25, -0.2) is 4.79 Å². The summed E-state index contributed by atoms with van der Waals surface area (Å²) in [7, 11) is 0. The van der Waals surface area contributed by atoms with Gasteiger partial charge in [0.2, 0.25) is 5.91 Å². The van der Waals surface area contributed by atoms with E-state index in [1.54, 1.807) is 6.20 Å². The van der Waals surface area contributed by atoms with Crippen molar-refractivity contribution in [3.8, 4) is 11.6 Å². The normalized spacial score (nSPS) is 20.1. The predicted octanol–water partition coefficient (Wildman–Crippen LogP) is 2.56. The highest BCUT2D eigenvalue weighted by Crippen LogP contribution is 2.24. The Balaban J connectivity index is 1.60. The minimum absolute atomic E-state index is 0.110. The number of fused-ring (bicyclic) bond motifs is 1. The molecule has 0 aliphatic carbocycles. The Morgan fingerprint density at radius 3 is 2.70 bits per heavy atom. The van der Waals surface area contributed by atoms with E-state index >= 15 is 0 Å². The van der Waals surface area contributed by atoms with Crippen molar-refractivity contribution in [3.63, 3.8) is 0 Å². The van der Waals surface area contributed by atoms with Crippen LogP contribution >= 0.6 is 0 Å². The highest BCUT2D eigenvalue weighted by atomic mass is 16.4. The lowest BCUT2D eigenvalue weighted by Crippen LogP contribution is -2.44. The Hall–Kier alpha value is -2.96. The number of nitrogens with zero attached hydrogens (tertiary/aromatic N) is 4. The molecule has 1 fully saturated rings. The van der Waals surface area contributed by atoms with E-state index in [2.05, 4.69) is 23.9 Å². The first-order chi connectivity index (χ1) is 13.0. The largest absolute Gasteiger partial charge is 0.437 e. The molecule has 2 aromatic heterocycles. The third kappa shape index (κ3) is 3.49. The number of piperidine rings is 1. The fraction of sp³-hybridized carbons (Fsp3) is 0.400. The van der Waals surface area contributed by atoms with E-state index in [9.17, 15) is 9.59 Å². The molecule has 1 saturated heterocycles. The van der Waals surface area contributed by atoms with E-state index in [4.69, 9.17) is 4.42 Å². The zero-order valence-electron chi connectivity index (χ0n) is 15.5. The van der Waals surface area contributed by atoms with Gasteiger partial charge >= 0.3 is 5.76 Å². The molecule has 0 radical (unpaired) electrons. The van der Waals surface area contributed by atoms with E-state index in [1.807, 2.05) is 35.2 Å². The molecule has 0 saturated carbocycles. The number of likely N-dealkylation sites (tertiary alicyclic amines) is 1. The minimum atomic E-state index is -0.647. The standard InChI is InChI=1S/C20H22N4O3/c1-13-9-14(2)11-23(10-13)17(25)12-24-20(26)27-19(22-24)18-16-6-4-3-5-15(16)7-8-21-18/h3-8,13-14H,9-12H2,1-2H3/t13-,14+. The maximum Gasteiger partial charge on any atom is 0.437 e. The summed E-state index contributed by atoms with van der Waals surface area (Å²) in [6.07, 6.45) is 2.77. The third-order valence-electron chi connectivity index (χ3n) is 4.99. The number of carbonyl (C=O) groups excluding carboxylic acids is 1. The molecule has 7 nitrogen and oxygen atoms in total. The third-order valence-corrected chi connectivity index (χ3v) is 4.99. The molecule has 27 heavy (non-hydrogen) atoms. The van der Waals surface area contributed by atoms with Crippen LogP contribution in [0.1, 0.15) is 20.3 Å². The molecule has 0 spiro atoms. The van der Waals surface area contributed by atoms with Gasteiger partial charge in [-0.1, -0.05) is 38.1 Å². The second-order valence-electron chi connectivity index (χ2n) is 7.46. The van der Waals surface area contributed by atoms with Crippen molar-refractivity contribution in [2.45, 2.75) is 26.8 Å². The summed E-state index contributed by atoms with van der Waals surface area (Å²) in [4.78, 5) is 31.0. The monoisotopic (exact) mass is 366 g/mol. The molecule has 2 atom stereocenters. The lowest BCUT2D eigenvalue weighted by atomic mass is 9.92. The first kappa shape index (κ1) is 17.5. The van der Waals surface area contributed by atoms with Crippen molar-refractivity contribution >= 4 is 16.7 Å². The van der Waals surface area contributed by atoms with Crippen LogP contribution in [0.4, 0.5) is 0 Å². The molecule has 1 aliphatic rings. The highest BCUT2D eigenvalue weighted by Gasteiger charge is 2.26. The maximum absolute atomic E-state index is 12.6. The number of aromatic nitrogens is 3. The lowest BCUT2D eigenvalue weighted by molar-refractivity contribution is -0.134. The van der Waals surface area contributed by atoms with Gasteiger partial charge in [-0.3, -0.25) is 9.78 Å². The lowest BCUT2D eigenvalue weighted by Gasteiger charge is -2.34. The van der Waals surface area contributed by atoms with Crippen LogP contribution in [0.2, 0.25) is 0 Å². The summed E-state index contributed by atoms with van der Waals surface area (Å²) in [6, 6.07) is 9.57. The summed E-state index contributed by atoms with van der Waals surface area (Å²) >= 11 is 0.